The summed E-state index contributed by atoms with van der Waals surface area (Å²) in [5, 5.41) is 8.61. The van der Waals surface area contributed by atoms with Crippen molar-refractivity contribution < 1.29 is 28.7 Å². The Balaban J connectivity index is 1.61. The van der Waals surface area contributed by atoms with Gasteiger partial charge in [0.2, 0.25) is 11.9 Å². The Bertz CT molecular complexity index is 1360. The van der Waals surface area contributed by atoms with Gasteiger partial charge in [-0.3, -0.25) is 29.5 Å². The third-order valence-corrected chi connectivity index (χ3v) is 8.12. The summed E-state index contributed by atoms with van der Waals surface area (Å²) in [6.45, 7) is 11.7. The zero-order chi connectivity index (χ0) is 31.0. The fourth-order valence-corrected chi connectivity index (χ4v) is 5.52. The summed E-state index contributed by atoms with van der Waals surface area (Å²) in [6.07, 6.45) is 2.09. The Morgan fingerprint density at radius 1 is 1.17 bits per heavy atom. The zero-order valence-electron chi connectivity index (χ0n) is 25.1. The smallest absolute Gasteiger partial charge is 0.328 e. The van der Waals surface area contributed by atoms with E-state index < -0.39 is 29.3 Å². The molecule has 42 heavy (non-hydrogen) atoms. The van der Waals surface area contributed by atoms with Gasteiger partial charge in [0.1, 0.15) is 11.9 Å². The molecule has 0 fully saturated rings. The van der Waals surface area contributed by atoms with Crippen LogP contribution in [-0.2, 0) is 36.7 Å². The molecule has 2 atom stereocenters. The van der Waals surface area contributed by atoms with Crippen LogP contribution in [0.5, 0.6) is 0 Å². The summed E-state index contributed by atoms with van der Waals surface area (Å²) in [6, 6.07) is 0.828. The van der Waals surface area contributed by atoms with Crippen LogP contribution in [0.2, 0.25) is 0 Å². The van der Waals surface area contributed by atoms with E-state index in [2.05, 4.69) is 25.9 Å². The van der Waals surface area contributed by atoms with Crippen molar-refractivity contribution >= 4 is 46.9 Å². The van der Waals surface area contributed by atoms with Gasteiger partial charge in [0.15, 0.2) is 0 Å². The van der Waals surface area contributed by atoms with Gasteiger partial charge in [-0.15, -0.1) is 11.3 Å². The molecule has 0 radical (unpaired) electrons. The first-order valence-electron chi connectivity index (χ1n) is 14.2. The van der Waals surface area contributed by atoms with Gasteiger partial charge in [-0.2, -0.15) is 4.98 Å². The highest BCUT2D eigenvalue weighted by atomic mass is 32.1. The monoisotopic (exact) mass is 603 g/mol. The summed E-state index contributed by atoms with van der Waals surface area (Å²) in [5.74, 6) is -0.920. The van der Waals surface area contributed by atoms with Crippen molar-refractivity contribution in [3.8, 4) is 0 Å². The predicted octanol–water partition coefficient (Wildman–Crippen LogP) is 3.35. The molecule has 2 aromatic heterocycles. The molecule has 12 nitrogen and oxygen atoms in total. The number of thiophene rings is 1. The fourth-order valence-electron chi connectivity index (χ4n) is 4.43. The van der Waals surface area contributed by atoms with Crippen LogP contribution in [0.1, 0.15) is 79.6 Å². The molecule has 0 aliphatic carbocycles. The molecule has 13 heteroatoms. The van der Waals surface area contributed by atoms with Crippen molar-refractivity contribution in [3.05, 3.63) is 37.3 Å². The van der Waals surface area contributed by atoms with Gasteiger partial charge in [-0.25, -0.2) is 4.79 Å². The zero-order valence-corrected chi connectivity index (χ0v) is 25.9. The number of amides is 2. The molecule has 3 rings (SSSR count). The van der Waals surface area contributed by atoms with Gasteiger partial charge < -0.3 is 20.1 Å². The first kappa shape index (κ1) is 32.8. The van der Waals surface area contributed by atoms with Crippen molar-refractivity contribution in [1.82, 2.24) is 15.3 Å². The van der Waals surface area contributed by atoms with E-state index >= 15 is 0 Å². The molecule has 4 N–H and O–H groups in total. The van der Waals surface area contributed by atoms with Crippen LogP contribution < -0.4 is 21.5 Å². The van der Waals surface area contributed by atoms with E-state index in [1.807, 2.05) is 6.92 Å². The van der Waals surface area contributed by atoms with E-state index in [9.17, 15) is 24.0 Å². The quantitative estimate of drug-likeness (QED) is 0.266. The van der Waals surface area contributed by atoms with E-state index in [1.165, 1.54) is 11.3 Å². The number of fused-ring (bicyclic) bond motifs is 1. The Morgan fingerprint density at radius 3 is 2.55 bits per heavy atom. The van der Waals surface area contributed by atoms with Gasteiger partial charge in [-0.05, 0) is 64.0 Å². The number of aromatic nitrogens is 2. The minimum absolute atomic E-state index is 0.0178. The Kier molecular flexibility index (Phi) is 11.3. The van der Waals surface area contributed by atoms with Crippen molar-refractivity contribution in [2.45, 2.75) is 79.7 Å². The number of esters is 2. The van der Waals surface area contributed by atoms with E-state index in [0.717, 1.165) is 16.9 Å². The average Bonchev–Trinajstić information content (AvgIpc) is 3.30. The highest BCUT2D eigenvalue weighted by molar-refractivity contribution is 7.14. The van der Waals surface area contributed by atoms with Crippen LogP contribution in [0.25, 0.3) is 0 Å². The number of carbonyl (C=O) groups is 4. The number of H-pyrrole nitrogens is 1. The van der Waals surface area contributed by atoms with Crippen molar-refractivity contribution in [2.75, 3.05) is 30.4 Å². The molecule has 1 aliphatic rings. The maximum absolute atomic E-state index is 13.0. The number of aryl methyl sites for hydroxylation is 2. The molecular weight excluding hydrogens is 562 g/mol. The van der Waals surface area contributed by atoms with E-state index in [1.54, 1.807) is 40.7 Å². The number of carbonyl (C=O) groups excluding carboxylic acids is 4. The third kappa shape index (κ3) is 8.88. The second kappa shape index (κ2) is 14.4. The van der Waals surface area contributed by atoms with Crippen LogP contribution in [0.3, 0.4) is 0 Å². The molecule has 0 saturated heterocycles. The Labute approximate surface area is 249 Å². The highest BCUT2D eigenvalue weighted by Crippen LogP contribution is 2.28. The summed E-state index contributed by atoms with van der Waals surface area (Å²) < 4.78 is 10.0. The second-order valence-corrected chi connectivity index (χ2v) is 12.4. The Hall–Kier alpha value is -3.74. The lowest BCUT2D eigenvalue weighted by molar-refractivity contribution is -0.146. The summed E-state index contributed by atoms with van der Waals surface area (Å²) in [7, 11) is 0. The van der Waals surface area contributed by atoms with Crippen LogP contribution in [0, 0.1) is 18.3 Å². The summed E-state index contributed by atoms with van der Waals surface area (Å²) in [4.78, 5) is 70.8. The minimum atomic E-state index is -0.963. The van der Waals surface area contributed by atoms with Crippen LogP contribution in [0.4, 0.5) is 11.8 Å². The molecule has 0 saturated carbocycles. The van der Waals surface area contributed by atoms with E-state index in [-0.39, 0.29) is 49.4 Å². The van der Waals surface area contributed by atoms with E-state index in [4.69, 9.17) is 9.47 Å². The second-order valence-electron chi connectivity index (χ2n) is 11.3. The lowest BCUT2D eigenvalue weighted by Gasteiger charge is -2.25. The molecule has 1 unspecified atom stereocenters. The van der Waals surface area contributed by atoms with Crippen molar-refractivity contribution in [3.63, 3.8) is 0 Å². The van der Waals surface area contributed by atoms with Crippen LogP contribution >= 0.6 is 11.3 Å². The molecule has 3 heterocycles. The summed E-state index contributed by atoms with van der Waals surface area (Å²) in [5.41, 5.74) is 0.607. The standard InChI is InChI=1S/C29H41N5O7S/c1-7-40-22(35)12-10-19(26(38)41-8-2)31-25(37)21-13-16(3)20(42-21)11-9-17-14-18-23(30-15-17)32-28(33-24(18)36)34-27(39)29(4,5)6/h13,17,19H,7-12,14-15H2,1-6H3,(H,31,37)(H3,30,32,33,34,36,39)/t17?,19-/m0/s1. The SMILES string of the molecule is CCOC(=O)CC[C@H](NC(=O)c1cc(C)c(CCC2CNc3nc(NC(=O)C(C)(C)C)[nH]c(=O)c3C2)s1)C(=O)OCC. The van der Waals surface area contributed by atoms with Gasteiger partial charge >= 0.3 is 11.9 Å². The van der Waals surface area contributed by atoms with Crippen molar-refractivity contribution in [2.24, 2.45) is 11.3 Å². The topological polar surface area (TPSA) is 169 Å². The molecule has 2 aromatic rings. The molecule has 2 amide bonds. The number of nitrogens with zero attached hydrogens (tertiary/aromatic N) is 1. The normalized spacial score (nSPS) is 15.1. The summed E-state index contributed by atoms with van der Waals surface area (Å²) >= 11 is 1.36. The average molecular weight is 604 g/mol. The maximum Gasteiger partial charge on any atom is 0.328 e. The first-order valence-corrected chi connectivity index (χ1v) is 15.0. The Morgan fingerprint density at radius 2 is 1.88 bits per heavy atom. The number of nitrogens with one attached hydrogen (secondary N) is 4. The van der Waals surface area contributed by atoms with Gasteiger partial charge in [-0.1, -0.05) is 20.8 Å². The number of anilines is 2. The molecular formula is C29H41N5O7S. The number of rotatable bonds is 12. The van der Waals surface area contributed by atoms with Crippen LogP contribution in [0.15, 0.2) is 10.9 Å². The number of ether oxygens (including phenoxy) is 2. The molecule has 0 bridgehead atoms. The predicted molar refractivity (Wildman–Crippen MR) is 160 cm³/mol. The van der Waals surface area contributed by atoms with Crippen molar-refractivity contribution in [1.29, 1.82) is 0 Å². The van der Waals surface area contributed by atoms with E-state index in [0.29, 0.717) is 35.6 Å². The lowest BCUT2D eigenvalue weighted by atomic mass is 9.92. The van der Waals surface area contributed by atoms with Crippen LogP contribution in [-0.4, -0.2) is 59.5 Å². The first-order chi connectivity index (χ1) is 19.8. The number of hydrogen-bond acceptors (Lipinski definition) is 10. The minimum Gasteiger partial charge on any atom is -0.466 e. The molecule has 1 aliphatic heterocycles. The van der Waals surface area contributed by atoms with Gasteiger partial charge in [0, 0.05) is 23.3 Å². The molecule has 0 spiro atoms. The number of hydrogen-bond donors (Lipinski definition) is 4. The maximum atomic E-state index is 13.0. The number of aromatic amines is 1. The fraction of sp³-hybridized carbons (Fsp3) is 0.586. The third-order valence-electron chi connectivity index (χ3n) is 6.82. The molecule has 0 aromatic carbocycles. The van der Waals surface area contributed by atoms with Gasteiger partial charge in [0.05, 0.1) is 23.7 Å². The lowest BCUT2D eigenvalue weighted by Crippen LogP contribution is -2.42. The molecule has 230 valence electrons. The highest BCUT2D eigenvalue weighted by Gasteiger charge is 2.27. The largest absolute Gasteiger partial charge is 0.466 e. The van der Waals surface area contributed by atoms with Gasteiger partial charge in [0.25, 0.3) is 11.5 Å².